The molecule has 0 aliphatic carbocycles. The van der Waals surface area contributed by atoms with Gasteiger partial charge in [0, 0.05) is 5.56 Å². The highest BCUT2D eigenvalue weighted by molar-refractivity contribution is 5.77. The molecule has 0 saturated carbocycles. The summed E-state index contributed by atoms with van der Waals surface area (Å²) in [4.78, 5) is 19.9. The second-order valence-electron chi connectivity index (χ2n) is 6.35. The van der Waals surface area contributed by atoms with Gasteiger partial charge in [0.2, 0.25) is 0 Å². The van der Waals surface area contributed by atoms with Crippen LogP contribution in [0.3, 0.4) is 0 Å². The molecule has 0 saturated heterocycles. The minimum Gasteiger partial charge on any atom is -0.463 e. The van der Waals surface area contributed by atoms with Crippen LogP contribution in [0.5, 0.6) is 0 Å². The fourth-order valence-electron chi connectivity index (χ4n) is 3.20. The highest BCUT2D eigenvalue weighted by Gasteiger charge is 2.25. The van der Waals surface area contributed by atoms with E-state index in [0.29, 0.717) is 16.7 Å². The molecule has 130 valence electrons. The number of hydrogen-bond acceptors (Lipinski definition) is 3. The van der Waals surface area contributed by atoms with E-state index >= 15 is 0 Å². The minimum atomic E-state index is -0.111. The summed E-state index contributed by atoms with van der Waals surface area (Å²) >= 11 is 0. The molecule has 5 heteroatoms. The third-order valence-corrected chi connectivity index (χ3v) is 4.55. The number of H-pyrrole nitrogens is 1. The van der Waals surface area contributed by atoms with Crippen LogP contribution in [0, 0.1) is 0 Å². The Morgan fingerprint density at radius 2 is 1.77 bits per heavy atom. The zero-order chi connectivity index (χ0) is 17.9. The lowest BCUT2D eigenvalue weighted by atomic mass is 10.0. The topological polar surface area (TPSA) is 75.5 Å². The molecule has 0 radical (unpaired) electrons. The quantitative estimate of drug-likeness (QED) is 0.583. The fourth-order valence-corrected chi connectivity index (χ4v) is 3.20. The molecule has 0 spiro atoms. The number of fused-ring (bicyclic) bond motifs is 1. The molecule has 0 aliphatic heterocycles. The molecule has 0 amide bonds. The molecule has 2 atom stereocenters. The van der Waals surface area contributed by atoms with Crippen molar-refractivity contribution in [1.82, 2.24) is 9.97 Å². The Labute approximate surface area is 150 Å². The summed E-state index contributed by atoms with van der Waals surface area (Å²) in [5, 5.41) is 2.76. The third kappa shape index (κ3) is 3.17. The Morgan fingerprint density at radius 1 is 1.00 bits per heavy atom. The van der Waals surface area contributed by atoms with Gasteiger partial charge in [0.05, 0.1) is 17.2 Å². The number of rotatable bonds is 5. The van der Waals surface area contributed by atoms with Crippen LogP contribution in [0.1, 0.15) is 36.2 Å². The van der Waals surface area contributed by atoms with Crippen molar-refractivity contribution >= 4 is 10.9 Å². The lowest BCUT2D eigenvalue weighted by Crippen LogP contribution is -2.86. The number of para-hydroxylation sites is 1. The summed E-state index contributed by atoms with van der Waals surface area (Å²) in [5.41, 5.74) is 1.73. The van der Waals surface area contributed by atoms with Crippen molar-refractivity contribution in [3.63, 3.8) is 0 Å². The molecule has 2 heterocycles. The Kier molecular flexibility index (Phi) is 4.37. The smallest absolute Gasteiger partial charge is 0.258 e. The van der Waals surface area contributed by atoms with E-state index in [0.717, 1.165) is 11.3 Å². The summed E-state index contributed by atoms with van der Waals surface area (Å²) < 4.78 is 5.66. The molecule has 0 fully saturated rings. The summed E-state index contributed by atoms with van der Waals surface area (Å²) in [6, 6.07) is 21.3. The molecule has 3 N–H and O–H groups in total. The van der Waals surface area contributed by atoms with Crippen LogP contribution in [0.25, 0.3) is 10.9 Å². The highest BCUT2D eigenvalue weighted by Crippen LogP contribution is 2.20. The van der Waals surface area contributed by atoms with Gasteiger partial charge in [0.15, 0.2) is 17.6 Å². The third-order valence-electron chi connectivity index (χ3n) is 4.55. The number of benzene rings is 2. The Bertz CT molecular complexity index is 1060. The summed E-state index contributed by atoms with van der Waals surface area (Å²) in [5.74, 6) is 1.52. The van der Waals surface area contributed by atoms with Gasteiger partial charge in [-0.1, -0.05) is 42.5 Å². The lowest BCUT2D eigenvalue weighted by Gasteiger charge is -2.18. The van der Waals surface area contributed by atoms with Crippen molar-refractivity contribution in [2.75, 3.05) is 0 Å². The van der Waals surface area contributed by atoms with Crippen molar-refractivity contribution in [1.29, 1.82) is 0 Å². The second kappa shape index (κ2) is 6.98. The zero-order valence-corrected chi connectivity index (χ0v) is 14.4. The van der Waals surface area contributed by atoms with Gasteiger partial charge in [-0.25, -0.2) is 4.98 Å². The number of nitrogens with zero attached hydrogens (tertiary/aromatic N) is 1. The van der Waals surface area contributed by atoms with Crippen LogP contribution in [0.15, 0.2) is 82.2 Å². The van der Waals surface area contributed by atoms with Crippen molar-refractivity contribution in [2.24, 2.45) is 0 Å². The molecule has 0 aliphatic rings. The maximum atomic E-state index is 12.4. The summed E-state index contributed by atoms with van der Waals surface area (Å²) in [6.45, 7) is 2.03. The minimum absolute atomic E-state index is 0.0158. The van der Waals surface area contributed by atoms with Crippen molar-refractivity contribution in [2.45, 2.75) is 19.0 Å². The van der Waals surface area contributed by atoms with Gasteiger partial charge in [-0.3, -0.25) is 4.79 Å². The number of furan rings is 1. The SMILES string of the molecule is C[C@@H]([NH2+][C@@H](c1ccccc1)c1ccco1)c1nc2ccccc2c(=O)[nH]1. The molecular weight excluding hydrogens is 326 g/mol. The second-order valence-corrected chi connectivity index (χ2v) is 6.35. The number of quaternary nitrogens is 1. The Hall–Kier alpha value is -3.18. The molecule has 0 bridgehead atoms. The van der Waals surface area contributed by atoms with E-state index in [4.69, 9.17) is 4.42 Å². The first-order valence-corrected chi connectivity index (χ1v) is 8.64. The number of nitrogens with two attached hydrogens (primary N) is 1. The lowest BCUT2D eigenvalue weighted by molar-refractivity contribution is -0.725. The Morgan fingerprint density at radius 3 is 2.54 bits per heavy atom. The van der Waals surface area contributed by atoms with Crippen molar-refractivity contribution in [3.05, 3.63) is 100 Å². The number of aromatic amines is 1. The molecular formula is C21H20N3O2+. The van der Waals surface area contributed by atoms with E-state index in [1.807, 2.05) is 55.5 Å². The fraction of sp³-hybridized carbons (Fsp3) is 0.143. The van der Waals surface area contributed by atoms with Crippen LogP contribution in [0.2, 0.25) is 0 Å². The molecule has 2 aromatic carbocycles. The van der Waals surface area contributed by atoms with Gasteiger partial charge in [0.1, 0.15) is 6.04 Å². The van der Waals surface area contributed by atoms with Crippen LogP contribution in [-0.4, -0.2) is 9.97 Å². The molecule has 4 rings (SSSR count). The average molecular weight is 346 g/mol. The van der Waals surface area contributed by atoms with E-state index in [1.165, 1.54) is 0 Å². The Balaban J connectivity index is 1.69. The van der Waals surface area contributed by atoms with Gasteiger partial charge in [-0.2, -0.15) is 0 Å². The van der Waals surface area contributed by atoms with Gasteiger partial charge in [-0.15, -0.1) is 0 Å². The standard InChI is InChI=1S/C21H19N3O2/c1-14(20-23-17-11-6-5-10-16(17)21(25)24-20)22-19(18-12-7-13-26-18)15-8-3-2-4-9-15/h2-14,19,22H,1H3,(H,23,24,25)/p+1/t14-,19+/m1/s1. The maximum absolute atomic E-state index is 12.4. The van der Waals surface area contributed by atoms with Crippen LogP contribution >= 0.6 is 0 Å². The largest absolute Gasteiger partial charge is 0.463 e. The van der Waals surface area contributed by atoms with Gasteiger partial charge in [0.25, 0.3) is 5.56 Å². The van der Waals surface area contributed by atoms with Gasteiger partial charge in [-0.05, 0) is 31.2 Å². The van der Waals surface area contributed by atoms with Gasteiger partial charge >= 0.3 is 0 Å². The molecule has 26 heavy (non-hydrogen) atoms. The average Bonchev–Trinajstić information content (AvgIpc) is 3.21. The van der Waals surface area contributed by atoms with E-state index in [2.05, 4.69) is 27.4 Å². The van der Waals surface area contributed by atoms with Crippen molar-refractivity contribution < 1.29 is 9.73 Å². The first kappa shape index (κ1) is 16.3. The van der Waals surface area contributed by atoms with E-state index < -0.39 is 0 Å². The number of aromatic nitrogens is 2. The van der Waals surface area contributed by atoms with Crippen molar-refractivity contribution in [3.8, 4) is 0 Å². The summed E-state index contributed by atoms with van der Waals surface area (Å²) in [7, 11) is 0. The van der Waals surface area contributed by atoms with E-state index in [-0.39, 0.29) is 17.6 Å². The monoisotopic (exact) mass is 346 g/mol. The molecule has 0 unspecified atom stereocenters. The van der Waals surface area contributed by atoms with Gasteiger partial charge < -0.3 is 14.7 Å². The molecule has 5 nitrogen and oxygen atoms in total. The first-order chi connectivity index (χ1) is 12.7. The summed E-state index contributed by atoms with van der Waals surface area (Å²) in [6.07, 6.45) is 1.68. The predicted molar refractivity (Wildman–Crippen MR) is 99.7 cm³/mol. The normalized spacial score (nSPS) is 13.6. The first-order valence-electron chi connectivity index (χ1n) is 8.64. The number of nitrogens with one attached hydrogen (secondary N) is 1. The highest BCUT2D eigenvalue weighted by atomic mass is 16.3. The number of hydrogen-bond donors (Lipinski definition) is 2. The zero-order valence-electron chi connectivity index (χ0n) is 14.4. The maximum Gasteiger partial charge on any atom is 0.258 e. The van der Waals surface area contributed by atoms with Crippen LogP contribution in [-0.2, 0) is 0 Å². The molecule has 2 aromatic heterocycles. The van der Waals surface area contributed by atoms with E-state index in [1.54, 1.807) is 12.3 Å². The van der Waals surface area contributed by atoms with Crippen LogP contribution in [0.4, 0.5) is 0 Å². The van der Waals surface area contributed by atoms with Crippen LogP contribution < -0.4 is 10.9 Å². The molecule has 4 aromatic rings. The predicted octanol–water partition coefficient (Wildman–Crippen LogP) is 2.93. The van der Waals surface area contributed by atoms with E-state index in [9.17, 15) is 4.79 Å².